The van der Waals surface area contributed by atoms with Crippen LogP contribution in [0, 0.1) is 5.41 Å². The standard InChI is InChI=1S/C9H12N2O2S/c1-9(2,3)7(12)5-6(8(10)13)14-4-11-5/h4H,1-3H3,(H2,10,13). The molecule has 0 fully saturated rings. The second-order valence-electron chi connectivity index (χ2n) is 3.97. The summed E-state index contributed by atoms with van der Waals surface area (Å²) in [6.45, 7) is 5.33. The van der Waals surface area contributed by atoms with Crippen LogP contribution >= 0.6 is 11.3 Å². The topological polar surface area (TPSA) is 73.1 Å². The van der Waals surface area contributed by atoms with Gasteiger partial charge in [0.1, 0.15) is 10.6 Å². The fourth-order valence-corrected chi connectivity index (χ4v) is 1.57. The fraction of sp³-hybridized carbons (Fsp3) is 0.444. The fourth-order valence-electron chi connectivity index (χ4n) is 0.938. The zero-order valence-electron chi connectivity index (χ0n) is 8.33. The number of rotatable bonds is 2. The number of nitrogens with two attached hydrogens (primary N) is 1. The Balaban J connectivity index is 3.14. The number of amides is 1. The summed E-state index contributed by atoms with van der Waals surface area (Å²) >= 11 is 1.10. The van der Waals surface area contributed by atoms with E-state index in [1.807, 2.05) is 0 Å². The molecule has 1 amide bonds. The third kappa shape index (κ3) is 1.98. The summed E-state index contributed by atoms with van der Waals surface area (Å²) in [5.41, 5.74) is 6.22. The molecule has 76 valence electrons. The van der Waals surface area contributed by atoms with Gasteiger partial charge >= 0.3 is 0 Å². The number of hydrogen-bond donors (Lipinski definition) is 1. The summed E-state index contributed by atoms with van der Waals surface area (Å²) in [7, 11) is 0. The van der Waals surface area contributed by atoms with E-state index in [1.165, 1.54) is 5.51 Å². The summed E-state index contributed by atoms with van der Waals surface area (Å²) in [6.07, 6.45) is 0. The van der Waals surface area contributed by atoms with Crippen LogP contribution in [0.4, 0.5) is 0 Å². The highest BCUT2D eigenvalue weighted by Crippen LogP contribution is 2.23. The minimum atomic E-state index is -0.597. The van der Waals surface area contributed by atoms with E-state index in [2.05, 4.69) is 4.98 Å². The van der Waals surface area contributed by atoms with Crippen molar-refractivity contribution in [1.29, 1.82) is 0 Å². The van der Waals surface area contributed by atoms with Crippen molar-refractivity contribution < 1.29 is 9.59 Å². The van der Waals surface area contributed by atoms with Gasteiger partial charge in [-0.05, 0) is 0 Å². The van der Waals surface area contributed by atoms with E-state index in [0.29, 0.717) is 0 Å². The number of nitrogens with zero attached hydrogens (tertiary/aromatic N) is 1. The second kappa shape index (κ2) is 3.49. The van der Waals surface area contributed by atoms with Crippen LogP contribution in [-0.2, 0) is 0 Å². The van der Waals surface area contributed by atoms with Gasteiger partial charge in [0, 0.05) is 5.41 Å². The minimum Gasteiger partial charge on any atom is -0.365 e. The lowest BCUT2D eigenvalue weighted by molar-refractivity contribution is 0.0846. The van der Waals surface area contributed by atoms with Crippen molar-refractivity contribution in [2.24, 2.45) is 11.1 Å². The van der Waals surface area contributed by atoms with E-state index in [4.69, 9.17) is 5.73 Å². The van der Waals surface area contributed by atoms with Gasteiger partial charge in [-0.25, -0.2) is 4.98 Å². The molecule has 5 heteroatoms. The molecule has 14 heavy (non-hydrogen) atoms. The zero-order valence-corrected chi connectivity index (χ0v) is 9.14. The van der Waals surface area contributed by atoms with Crippen LogP contribution in [0.2, 0.25) is 0 Å². The molecule has 1 rings (SSSR count). The van der Waals surface area contributed by atoms with Crippen molar-refractivity contribution in [2.75, 3.05) is 0 Å². The third-order valence-electron chi connectivity index (χ3n) is 1.69. The van der Waals surface area contributed by atoms with Gasteiger partial charge in [0.05, 0.1) is 5.51 Å². The molecule has 0 atom stereocenters. The van der Waals surface area contributed by atoms with Gasteiger partial charge in [-0.2, -0.15) is 0 Å². The first-order chi connectivity index (χ1) is 6.34. The maximum Gasteiger partial charge on any atom is 0.261 e. The monoisotopic (exact) mass is 212 g/mol. The first-order valence-corrected chi connectivity index (χ1v) is 5.00. The number of carbonyl (C=O) groups excluding carboxylic acids is 2. The quantitative estimate of drug-likeness (QED) is 0.754. The van der Waals surface area contributed by atoms with Gasteiger partial charge in [-0.1, -0.05) is 20.8 Å². The first kappa shape index (κ1) is 10.8. The van der Waals surface area contributed by atoms with Gasteiger partial charge in [0.2, 0.25) is 0 Å². The number of Topliss-reactive ketones (excluding diaryl/α,β-unsaturated/α-hetero) is 1. The number of thiazole rings is 1. The van der Waals surface area contributed by atoms with Crippen LogP contribution in [0.5, 0.6) is 0 Å². The van der Waals surface area contributed by atoms with Crippen molar-refractivity contribution in [1.82, 2.24) is 4.98 Å². The Morgan fingerprint density at radius 1 is 1.43 bits per heavy atom. The molecule has 1 aromatic heterocycles. The molecule has 0 spiro atoms. The molecular weight excluding hydrogens is 200 g/mol. The molecule has 4 nitrogen and oxygen atoms in total. The van der Waals surface area contributed by atoms with Crippen molar-refractivity contribution >= 4 is 23.0 Å². The molecular formula is C9H12N2O2S. The lowest BCUT2D eigenvalue weighted by atomic mass is 9.88. The van der Waals surface area contributed by atoms with Crippen LogP contribution in [0.15, 0.2) is 5.51 Å². The van der Waals surface area contributed by atoms with Crippen LogP contribution in [-0.4, -0.2) is 16.7 Å². The van der Waals surface area contributed by atoms with Crippen molar-refractivity contribution in [3.63, 3.8) is 0 Å². The molecule has 1 heterocycles. The molecule has 0 aliphatic rings. The first-order valence-electron chi connectivity index (χ1n) is 4.12. The second-order valence-corrected chi connectivity index (χ2v) is 4.83. The number of ketones is 1. The van der Waals surface area contributed by atoms with E-state index in [-0.39, 0.29) is 16.4 Å². The number of hydrogen-bond acceptors (Lipinski definition) is 4. The van der Waals surface area contributed by atoms with Gasteiger partial charge in [0.25, 0.3) is 5.91 Å². The van der Waals surface area contributed by atoms with E-state index in [9.17, 15) is 9.59 Å². The lowest BCUT2D eigenvalue weighted by Crippen LogP contribution is -2.24. The molecule has 0 saturated carbocycles. The maximum absolute atomic E-state index is 11.8. The molecule has 1 aromatic rings. The van der Waals surface area contributed by atoms with Gasteiger partial charge in [0.15, 0.2) is 5.78 Å². The number of carbonyl (C=O) groups is 2. The summed E-state index contributed by atoms with van der Waals surface area (Å²) in [4.78, 5) is 26.9. The summed E-state index contributed by atoms with van der Waals surface area (Å²) in [6, 6.07) is 0. The van der Waals surface area contributed by atoms with Crippen LogP contribution in [0.1, 0.15) is 40.9 Å². The molecule has 0 aliphatic carbocycles. The normalized spacial score (nSPS) is 11.4. The van der Waals surface area contributed by atoms with E-state index < -0.39 is 11.3 Å². The van der Waals surface area contributed by atoms with E-state index in [1.54, 1.807) is 20.8 Å². The smallest absolute Gasteiger partial charge is 0.261 e. The average Bonchev–Trinajstić information content (AvgIpc) is 2.48. The molecule has 0 radical (unpaired) electrons. The van der Waals surface area contributed by atoms with E-state index >= 15 is 0 Å². The molecule has 0 saturated heterocycles. The minimum absolute atomic E-state index is 0.160. The summed E-state index contributed by atoms with van der Waals surface area (Å²) in [5.74, 6) is -0.757. The van der Waals surface area contributed by atoms with Gasteiger partial charge in [-0.15, -0.1) is 11.3 Å². The lowest BCUT2D eigenvalue weighted by Gasteiger charge is -2.14. The largest absolute Gasteiger partial charge is 0.365 e. The number of aromatic nitrogens is 1. The Labute approximate surface area is 86.1 Å². The van der Waals surface area contributed by atoms with Crippen LogP contribution < -0.4 is 5.73 Å². The van der Waals surface area contributed by atoms with Gasteiger partial charge < -0.3 is 5.73 Å². The van der Waals surface area contributed by atoms with Gasteiger partial charge in [-0.3, -0.25) is 9.59 Å². The van der Waals surface area contributed by atoms with Crippen molar-refractivity contribution in [3.05, 3.63) is 16.1 Å². The molecule has 0 unspecified atom stereocenters. The molecule has 0 aliphatic heterocycles. The highest BCUT2D eigenvalue weighted by molar-refractivity contribution is 7.12. The Bertz CT molecular complexity index is 376. The maximum atomic E-state index is 11.8. The Morgan fingerprint density at radius 2 is 2.00 bits per heavy atom. The molecule has 0 aromatic carbocycles. The van der Waals surface area contributed by atoms with Crippen molar-refractivity contribution in [2.45, 2.75) is 20.8 Å². The van der Waals surface area contributed by atoms with E-state index in [0.717, 1.165) is 11.3 Å². The highest BCUT2D eigenvalue weighted by atomic mass is 32.1. The third-order valence-corrected chi connectivity index (χ3v) is 2.53. The summed E-state index contributed by atoms with van der Waals surface area (Å²) in [5, 5.41) is 0. The predicted molar refractivity (Wildman–Crippen MR) is 54.4 cm³/mol. The highest BCUT2D eigenvalue weighted by Gasteiger charge is 2.28. The number of primary amides is 1. The summed E-state index contributed by atoms with van der Waals surface area (Å²) < 4.78 is 0. The predicted octanol–water partition coefficient (Wildman–Crippen LogP) is 1.47. The Hall–Kier alpha value is -1.23. The van der Waals surface area contributed by atoms with Crippen molar-refractivity contribution in [3.8, 4) is 0 Å². The Kier molecular flexibility index (Phi) is 2.71. The SMILES string of the molecule is CC(C)(C)C(=O)c1ncsc1C(N)=O. The molecule has 2 N–H and O–H groups in total. The Morgan fingerprint density at radius 3 is 2.43 bits per heavy atom. The average molecular weight is 212 g/mol. The van der Waals surface area contributed by atoms with Crippen LogP contribution in [0.25, 0.3) is 0 Å². The zero-order chi connectivity index (χ0) is 10.9. The van der Waals surface area contributed by atoms with Crippen LogP contribution in [0.3, 0.4) is 0 Å². The molecule has 0 bridgehead atoms.